The number of aliphatic hydroxyl groups is 2. The van der Waals surface area contributed by atoms with Crippen LogP contribution in [0.5, 0.6) is 0 Å². The van der Waals surface area contributed by atoms with Gasteiger partial charge in [0.05, 0.1) is 26.4 Å². The highest BCUT2D eigenvalue weighted by Crippen LogP contribution is 2.49. The second-order valence-corrected chi connectivity index (χ2v) is 8.34. The monoisotopic (exact) mass is 636 g/mol. The van der Waals surface area contributed by atoms with E-state index in [1.54, 1.807) is 0 Å². The number of esters is 1. The Hall–Kier alpha value is -1.81. The third-order valence-electron chi connectivity index (χ3n) is 4.94. The number of alkyl halides is 16. The van der Waals surface area contributed by atoms with Gasteiger partial charge in [0.25, 0.3) is 0 Å². The van der Waals surface area contributed by atoms with Crippen LogP contribution in [0.3, 0.4) is 0 Å². The molecule has 0 aromatic carbocycles. The predicted molar refractivity (Wildman–Crippen MR) is 95.5 cm³/mol. The number of hydrogen-bond acceptors (Lipinski definition) is 6. The summed E-state index contributed by atoms with van der Waals surface area (Å²) in [6.07, 6.45) is -13.1. The van der Waals surface area contributed by atoms with Crippen molar-refractivity contribution < 1.29 is 99.5 Å². The average Bonchev–Trinajstić information content (AvgIpc) is 2.82. The van der Waals surface area contributed by atoms with Crippen LogP contribution in [0, 0.1) is 5.41 Å². The normalized spacial score (nSPS) is 14.9. The number of hydrogen-bond donors (Lipinski definition) is 2. The van der Waals surface area contributed by atoms with Crippen molar-refractivity contribution in [3.63, 3.8) is 0 Å². The molecule has 0 aliphatic rings. The second-order valence-electron chi connectivity index (χ2n) is 8.34. The van der Waals surface area contributed by atoms with Gasteiger partial charge in [-0.25, -0.2) is 17.6 Å². The minimum Gasteiger partial charge on any atom is -0.457 e. The van der Waals surface area contributed by atoms with Gasteiger partial charge >= 0.3 is 54.4 Å². The molecule has 0 aromatic rings. The van der Waals surface area contributed by atoms with Crippen molar-refractivity contribution in [1.82, 2.24) is 0 Å². The van der Waals surface area contributed by atoms with Crippen LogP contribution < -0.4 is 0 Å². The van der Waals surface area contributed by atoms with E-state index in [2.05, 4.69) is 14.2 Å². The number of carbonyl (C=O) groups is 1. The van der Waals surface area contributed by atoms with E-state index in [9.17, 15) is 75.0 Å². The average molecular weight is 636 g/mol. The summed E-state index contributed by atoms with van der Waals surface area (Å²) in [5.41, 5.74) is -2.29. The van der Waals surface area contributed by atoms with Crippen molar-refractivity contribution >= 4 is 5.97 Å². The molecule has 0 saturated heterocycles. The molecule has 0 unspecified atom stereocenters. The lowest BCUT2D eigenvalue weighted by Crippen LogP contribution is -2.59. The molecule has 0 rings (SSSR count). The molecule has 22 heteroatoms. The van der Waals surface area contributed by atoms with Crippen molar-refractivity contribution in [3.05, 3.63) is 0 Å². The Morgan fingerprint density at radius 2 is 0.950 bits per heavy atom. The third kappa shape index (κ3) is 7.72. The van der Waals surface area contributed by atoms with E-state index in [4.69, 9.17) is 10.2 Å². The van der Waals surface area contributed by atoms with Crippen molar-refractivity contribution in [2.24, 2.45) is 5.41 Å². The highest BCUT2D eigenvalue weighted by Gasteiger charge is 2.76. The van der Waals surface area contributed by atoms with Gasteiger partial charge in [-0.05, 0) is 6.92 Å². The van der Waals surface area contributed by atoms with Gasteiger partial charge < -0.3 is 24.4 Å². The van der Waals surface area contributed by atoms with Gasteiger partial charge in [-0.1, -0.05) is 0 Å². The maximum Gasteiger partial charge on any atom is 0.380 e. The molecule has 0 aromatic heterocycles. The zero-order valence-electron chi connectivity index (χ0n) is 19.5. The fourth-order valence-corrected chi connectivity index (χ4v) is 2.17. The van der Waals surface area contributed by atoms with E-state index in [0.717, 1.165) is 6.92 Å². The highest BCUT2D eigenvalue weighted by atomic mass is 19.4. The van der Waals surface area contributed by atoms with E-state index in [1.807, 2.05) is 0 Å². The SMILES string of the molecule is CC(CO)(CO)C(=O)OC(COCC(F)(F)C(F)(F)C(F)(F)C(F)F)COCC(F)(F)C(F)(F)C(F)(F)C(F)F. The number of ether oxygens (including phenoxy) is 3. The van der Waals surface area contributed by atoms with Crippen LogP contribution in [0.25, 0.3) is 0 Å². The Bertz CT molecular complexity index is 768. The van der Waals surface area contributed by atoms with Gasteiger partial charge in [0.1, 0.15) is 24.7 Å². The van der Waals surface area contributed by atoms with E-state index in [0.29, 0.717) is 0 Å². The molecule has 0 saturated carbocycles. The molecular weight excluding hydrogens is 616 g/mol. The molecule has 0 aliphatic carbocycles. The standard InChI is InChI=1S/C18H20F16O6/c1-12(4-35,5-36)11(37)40-8(2-38-6-13(23,24)17(31,32)15(27,28)9(19)20)3-39-7-14(25,26)18(33,34)16(29,30)10(21)22/h8-10,35-36H,2-7H2,1H3. The van der Waals surface area contributed by atoms with Gasteiger partial charge in [0, 0.05) is 0 Å². The zero-order valence-corrected chi connectivity index (χ0v) is 19.5. The van der Waals surface area contributed by atoms with Crippen LogP contribution in [0.15, 0.2) is 0 Å². The fourth-order valence-electron chi connectivity index (χ4n) is 2.17. The zero-order chi connectivity index (χ0) is 32.2. The van der Waals surface area contributed by atoms with Crippen molar-refractivity contribution in [2.75, 3.05) is 39.6 Å². The fraction of sp³-hybridized carbons (Fsp3) is 0.944. The molecule has 6 nitrogen and oxygen atoms in total. The Morgan fingerprint density at radius 1 is 0.650 bits per heavy atom. The summed E-state index contributed by atoms with van der Waals surface area (Å²) in [5.74, 6) is -40.7. The van der Waals surface area contributed by atoms with E-state index in [1.165, 1.54) is 0 Å². The van der Waals surface area contributed by atoms with Crippen LogP contribution in [0.1, 0.15) is 6.92 Å². The first kappa shape index (κ1) is 38.2. The van der Waals surface area contributed by atoms with Crippen molar-refractivity contribution in [2.45, 2.75) is 61.4 Å². The molecule has 0 atom stereocenters. The van der Waals surface area contributed by atoms with Crippen LogP contribution in [0.2, 0.25) is 0 Å². The van der Waals surface area contributed by atoms with Crippen molar-refractivity contribution in [1.29, 1.82) is 0 Å². The number of carbonyl (C=O) groups excluding carboxylic acids is 1. The first-order chi connectivity index (χ1) is 17.7. The van der Waals surface area contributed by atoms with Gasteiger partial charge in [-0.3, -0.25) is 4.79 Å². The molecular formula is C18H20F16O6. The summed E-state index contributed by atoms with van der Waals surface area (Å²) in [4.78, 5) is 12.0. The van der Waals surface area contributed by atoms with E-state index < -0.39 is 106 Å². The van der Waals surface area contributed by atoms with Crippen molar-refractivity contribution in [3.8, 4) is 0 Å². The lowest BCUT2D eigenvalue weighted by molar-refractivity contribution is -0.348. The molecule has 0 bridgehead atoms. The first-order valence-corrected chi connectivity index (χ1v) is 10.1. The molecule has 0 radical (unpaired) electrons. The Kier molecular flexibility index (Phi) is 12.4. The molecule has 2 N–H and O–H groups in total. The van der Waals surface area contributed by atoms with E-state index in [-0.39, 0.29) is 0 Å². The first-order valence-electron chi connectivity index (χ1n) is 10.1. The smallest absolute Gasteiger partial charge is 0.380 e. The van der Waals surface area contributed by atoms with Crippen LogP contribution in [-0.2, 0) is 19.0 Å². The number of halogens is 16. The maximum atomic E-state index is 13.6. The van der Waals surface area contributed by atoms with Gasteiger partial charge in [-0.15, -0.1) is 0 Å². The largest absolute Gasteiger partial charge is 0.457 e. The maximum absolute atomic E-state index is 13.6. The summed E-state index contributed by atoms with van der Waals surface area (Å²) in [6, 6.07) is 0. The lowest BCUT2D eigenvalue weighted by atomic mass is 9.93. The summed E-state index contributed by atoms with van der Waals surface area (Å²) < 4.78 is 220. The Morgan fingerprint density at radius 3 is 1.20 bits per heavy atom. The quantitative estimate of drug-likeness (QED) is 0.173. The van der Waals surface area contributed by atoms with Gasteiger partial charge in [-0.2, -0.15) is 52.7 Å². The summed E-state index contributed by atoms with van der Waals surface area (Å²) >= 11 is 0. The number of rotatable bonds is 18. The molecule has 240 valence electrons. The minimum atomic E-state index is -6.77. The summed E-state index contributed by atoms with van der Waals surface area (Å²) in [7, 11) is 0. The molecule has 0 amide bonds. The Labute approximate surface area is 213 Å². The van der Waals surface area contributed by atoms with Gasteiger partial charge in [0.15, 0.2) is 0 Å². The number of aliphatic hydroxyl groups excluding tert-OH is 2. The van der Waals surface area contributed by atoms with Gasteiger partial charge in [0.2, 0.25) is 0 Å². The second kappa shape index (κ2) is 13.0. The Balaban J connectivity index is 5.75. The third-order valence-corrected chi connectivity index (χ3v) is 4.94. The predicted octanol–water partition coefficient (Wildman–Crippen LogP) is 4.26. The summed E-state index contributed by atoms with van der Waals surface area (Å²) in [5, 5.41) is 18.2. The molecule has 0 aliphatic heterocycles. The molecule has 40 heavy (non-hydrogen) atoms. The summed E-state index contributed by atoms with van der Waals surface area (Å²) in [6.45, 7) is -11.0. The minimum absolute atomic E-state index is 0.746. The van der Waals surface area contributed by atoms with E-state index >= 15 is 0 Å². The molecule has 0 fully saturated rings. The molecule has 0 spiro atoms. The molecule has 0 heterocycles. The van der Waals surface area contributed by atoms with Crippen LogP contribution >= 0.6 is 0 Å². The highest BCUT2D eigenvalue weighted by molar-refractivity contribution is 5.76. The van der Waals surface area contributed by atoms with Crippen LogP contribution in [-0.4, -0.2) is 110 Å². The lowest BCUT2D eigenvalue weighted by Gasteiger charge is -2.33. The van der Waals surface area contributed by atoms with Crippen LogP contribution in [0.4, 0.5) is 70.2 Å². The topological polar surface area (TPSA) is 85.2 Å².